The average molecular weight is 477 g/mol. The third-order valence-corrected chi connectivity index (χ3v) is 9.72. The largest absolute Gasteiger partial charge is 0.465 e. The highest BCUT2D eigenvalue weighted by Crippen LogP contribution is 2.38. The summed E-state index contributed by atoms with van der Waals surface area (Å²) in [5, 5.41) is 0. The zero-order valence-corrected chi connectivity index (χ0v) is 19.8. The summed E-state index contributed by atoms with van der Waals surface area (Å²) in [7, 11) is -2.53. The van der Waals surface area contributed by atoms with E-state index in [0.29, 0.717) is 44.6 Å². The second kappa shape index (κ2) is 9.72. The SMILES string of the molecule is COC(=O)c1c(S(=O)(=O)N2CCCCCC2)sc2c1CCN(C(=O)Cc1ccccc1)C2. The number of ether oxygens (including phenoxy) is 1. The minimum Gasteiger partial charge on any atom is -0.465 e. The topological polar surface area (TPSA) is 84.0 Å². The molecule has 2 aliphatic heterocycles. The van der Waals surface area contributed by atoms with Crippen LogP contribution in [0.2, 0.25) is 0 Å². The van der Waals surface area contributed by atoms with Gasteiger partial charge in [-0.05, 0) is 30.4 Å². The Bertz CT molecular complexity index is 1090. The maximum Gasteiger partial charge on any atom is 0.340 e. The number of sulfonamides is 1. The molecule has 9 heteroatoms. The highest BCUT2D eigenvalue weighted by atomic mass is 32.2. The molecule has 32 heavy (non-hydrogen) atoms. The normalized spacial score (nSPS) is 17.5. The minimum absolute atomic E-state index is 0.00760. The first-order valence-corrected chi connectivity index (χ1v) is 13.2. The Morgan fingerprint density at radius 1 is 1.03 bits per heavy atom. The van der Waals surface area contributed by atoms with Gasteiger partial charge in [0.1, 0.15) is 4.21 Å². The van der Waals surface area contributed by atoms with Crippen LogP contribution in [0.25, 0.3) is 0 Å². The van der Waals surface area contributed by atoms with Crippen molar-refractivity contribution in [2.75, 3.05) is 26.7 Å². The third kappa shape index (κ3) is 4.60. The molecule has 4 rings (SSSR count). The van der Waals surface area contributed by atoms with E-state index in [1.54, 1.807) is 4.90 Å². The van der Waals surface area contributed by atoms with Gasteiger partial charge in [0, 0.05) is 24.5 Å². The summed E-state index contributed by atoms with van der Waals surface area (Å²) in [6, 6.07) is 9.55. The number of amides is 1. The molecule has 0 atom stereocenters. The third-order valence-electron chi connectivity index (χ3n) is 6.10. The van der Waals surface area contributed by atoms with Crippen molar-refractivity contribution in [1.82, 2.24) is 9.21 Å². The first-order valence-electron chi connectivity index (χ1n) is 11.0. The number of benzene rings is 1. The summed E-state index contributed by atoms with van der Waals surface area (Å²) in [5.41, 5.74) is 1.81. The predicted octanol–water partition coefficient (Wildman–Crippen LogP) is 3.23. The van der Waals surface area contributed by atoms with Crippen molar-refractivity contribution in [2.24, 2.45) is 0 Å². The number of thiophene rings is 1. The molecule has 0 saturated carbocycles. The average Bonchev–Trinajstić information content (AvgIpc) is 2.97. The van der Waals surface area contributed by atoms with Gasteiger partial charge in [0.05, 0.1) is 25.6 Å². The zero-order chi connectivity index (χ0) is 22.7. The lowest BCUT2D eigenvalue weighted by Crippen LogP contribution is -2.36. The molecule has 0 radical (unpaired) electrons. The number of fused-ring (bicyclic) bond motifs is 1. The quantitative estimate of drug-likeness (QED) is 0.619. The van der Waals surface area contributed by atoms with Crippen molar-refractivity contribution < 1.29 is 22.7 Å². The van der Waals surface area contributed by atoms with Crippen LogP contribution in [-0.2, 0) is 38.9 Å². The van der Waals surface area contributed by atoms with E-state index in [2.05, 4.69) is 0 Å². The zero-order valence-electron chi connectivity index (χ0n) is 18.2. The van der Waals surface area contributed by atoms with Crippen molar-refractivity contribution in [1.29, 1.82) is 0 Å². The van der Waals surface area contributed by atoms with E-state index in [0.717, 1.165) is 47.5 Å². The van der Waals surface area contributed by atoms with Crippen LogP contribution in [-0.4, -0.2) is 56.2 Å². The van der Waals surface area contributed by atoms with Crippen molar-refractivity contribution in [2.45, 2.75) is 49.3 Å². The van der Waals surface area contributed by atoms with Crippen molar-refractivity contribution in [3.63, 3.8) is 0 Å². The van der Waals surface area contributed by atoms with E-state index < -0.39 is 16.0 Å². The van der Waals surface area contributed by atoms with E-state index >= 15 is 0 Å². The summed E-state index contributed by atoms with van der Waals surface area (Å²) in [6.45, 7) is 1.69. The number of rotatable bonds is 5. The fraction of sp³-hybridized carbons (Fsp3) is 0.478. The van der Waals surface area contributed by atoms with Gasteiger partial charge in [-0.3, -0.25) is 4.79 Å². The summed E-state index contributed by atoms with van der Waals surface area (Å²) >= 11 is 1.12. The number of carbonyl (C=O) groups is 2. The van der Waals surface area contributed by atoms with Crippen LogP contribution in [0, 0.1) is 0 Å². The lowest BCUT2D eigenvalue weighted by molar-refractivity contribution is -0.131. The molecule has 0 spiro atoms. The second-order valence-electron chi connectivity index (χ2n) is 8.20. The molecule has 1 aromatic heterocycles. The Morgan fingerprint density at radius 3 is 2.38 bits per heavy atom. The fourth-order valence-corrected chi connectivity index (χ4v) is 7.92. The van der Waals surface area contributed by atoms with Crippen LogP contribution in [0.4, 0.5) is 0 Å². The van der Waals surface area contributed by atoms with Crippen LogP contribution in [0.3, 0.4) is 0 Å². The lowest BCUT2D eigenvalue weighted by atomic mass is 10.0. The first-order chi connectivity index (χ1) is 15.4. The predicted molar refractivity (Wildman–Crippen MR) is 122 cm³/mol. The minimum atomic E-state index is -3.80. The molecular weight excluding hydrogens is 448 g/mol. The molecule has 172 valence electrons. The maximum atomic E-state index is 13.5. The molecule has 2 aromatic rings. The van der Waals surface area contributed by atoms with Crippen LogP contribution in [0.5, 0.6) is 0 Å². The Kier molecular flexibility index (Phi) is 6.97. The van der Waals surface area contributed by atoms with Crippen LogP contribution in [0.15, 0.2) is 34.5 Å². The van der Waals surface area contributed by atoms with E-state index in [1.807, 2.05) is 30.3 Å². The Morgan fingerprint density at radius 2 is 1.72 bits per heavy atom. The smallest absolute Gasteiger partial charge is 0.340 e. The summed E-state index contributed by atoms with van der Waals surface area (Å²) in [4.78, 5) is 28.0. The van der Waals surface area contributed by atoms with Crippen molar-refractivity contribution in [3.05, 3.63) is 51.9 Å². The lowest BCUT2D eigenvalue weighted by Gasteiger charge is -2.27. The molecular formula is C23H28N2O5S2. The van der Waals surface area contributed by atoms with Crippen LogP contribution >= 0.6 is 11.3 Å². The van der Waals surface area contributed by atoms with E-state index in [4.69, 9.17) is 4.74 Å². The van der Waals surface area contributed by atoms with Gasteiger partial charge >= 0.3 is 5.97 Å². The molecule has 1 fully saturated rings. The van der Waals surface area contributed by atoms with E-state index in [1.165, 1.54) is 11.4 Å². The Balaban J connectivity index is 1.63. The van der Waals surface area contributed by atoms with E-state index in [9.17, 15) is 18.0 Å². The summed E-state index contributed by atoms with van der Waals surface area (Å²) in [5.74, 6) is -0.633. The van der Waals surface area contributed by atoms with Gasteiger partial charge in [-0.1, -0.05) is 43.2 Å². The Hall–Kier alpha value is -2.23. The molecule has 0 bridgehead atoms. The number of hydrogen-bond acceptors (Lipinski definition) is 6. The van der Waals surface area contributed by atoms with Gasteiger partial charge in [-0.15, -0.1) is 11.3 Å². The molecule has 1 aromatic carbocycles. The second-order valence-corrected chi connectivity index (χ2v) is 11.4. The highest BCUT2D eigenvalue weighted by molar-refractivity contribution is 7.91. The van der Waals surface area contributed by atoms with Gasteiger partial charge in [-0.2, -0.15) is 4.31 Å². The molecule has 0 aliphatic carbocycles. The van der Waals surface area contributed by atoms with Gasteiger partial charge in [0.15, 0.2) is 0 Å². The van der Waals surface area contributed by atoms with Crippen LogP contribution in [0.1, 0.15) is 52.0 Å². The maximum absolute atomic E-state index is 13.5. The molecule has 0 unspecified atom stereocenters. The Labute approximate surface area is 193 Å². The van der Waals surface area contributed by atoms with Crippen molar-refractivity contribution >= 4 is 33.2 Å². The molecule has 3 heterocycles. The number of carbonyl (C=O) groups excluding carboxylic acids is 2. The number of hydrogen-bond donors (Lipinski definition) is 0. The monoisotopic (exact) mass is 476 g/mol. The molecule has 2 aliphatic rings. The summed E-state index contributed by atoms with van der Waals surface area (Å²) < 4.78 is 33.5. The fourth-order valence-electron chi connectivity index (χ4n) is 4.36. The van der Waals surface area contributed by atoms with Gasteiger partial charge in [0.2, 0.25) is 5.91 Å². The van der Waals surface area contributed by atoms with Gasteiger partial charge in [0.25, 0.3) is 10.0 Å². The van der Waals surface area contributed by atoms with Crippen LogP contribution < -0.4 is 0 Å². The number of methoxy groups -OCH3 is 1. The number of nitrogens with zero attached hydrogens (tertiary/aromatic N) is 2. The molecule has 1 saturated heterocycles. The first kappa shape index (κ1) is 22.9. The molecule has 1 amide bonds. The molecule has 7 nitrogen and oxygen atoms in total. The molecule has 0 N–H and O–H groups in total. The number of esters is 1. The van der Waals surface area contributed by atoms with Gasteiger partial charge in [-0.25, -0.2) is 13.2 Å². The van der Waals surface area contributed by atoms with Crippen molar-refractivity contribution in [3.8, 4) is 0 Å². The van der Waals surface area contributed by atoms with Gasteiger partial charge < -0.3 is 9.64 Å². The summed E-state index contributed by atoms with van der Waals surface area (Å²) in [6.07, 6.45) is 4.39. The highest BCUT2D eigenvalue weighted by Gasteiger charge is 2.37. The van der Waals surface area contributed by atoms with E-state index in [-0.39, 0.29) is 15.7 Å². The standard InChI is InChI=1S/C23H28N2O5S2/c1-30-22(27)21-18-11-14-24(20(26)15-17-9-5-4-6-10-17)16-19(18)31-23(21)32(28,29)25-12-7-2-3-8-13-25/h4-6,9-10H,2-3,7-8,11-16H2,1H3.